The Bertz CT molecular complexity index is 440. The molecule has 0 spiro atoms. The third kappa shape index (κ3) is 1.18. The predicted molar refractivity (Wildman–Crippen MR) is 52.7 cm³/mol. The zero-order valence-corrected chi connectivity index (χ0v) is 7.32. The molecule has 0 bridgehead atoms. The Hall–Kier alpha value is -1.77. The molecule has 2 aromatic rings. The van der Waals surface area contributed by atoms with Crippen molar-refractivity contribution >= 4 is 16.6 Å². The molecule has 1 aromatic heterocycles. The molecule has 0 fully saturated rings. The van der Waals surface area contributed by atoms with Crippen LogP contribution in [-0.4, -0.2) is 12.1 Å². The van der Waals surface area contributed by atoms with Crippen LogP contribution in [0.5, 0.6) is 5.75 Å². The van der Waals surface area contributed by atoms with Gasteiger partial charge in [-0.15, -0.1) is 0 Å². The van der Waals surface area contributed by atoms with Crippen LogP contribution in [-0.2, 0) is 0 Å². The Labute approximate surface area is 76.2 Å². The van der Waals surface area contributed by atoms with E-state index in [0.717, 1.165) is 16.7 Å². The number of rotatable bonds is 1. The first-order valence-electron chi connectivity index (χ1n) is 4.00. The second-order valence-corrected chi connectivity index (χ2v) is 2.76. The van der Waals surface area contributed by atoms with Crippen LogP contribution >= 0.6 is 0 Å². The predicted octanol–water partition coefficient (Wildman–Crippen LogP) is 1.83. The monoisotopic (exact) mass is 174 g/mol. The zero-order valence-electron chi connectivity index (χ0n) is 7.32. The van der Waals surface area contributed by atoms with Gasteiger partial charge in [0.2, 0.25) is 0 Å². The van der Waals surface area contributed by atoms with Crippen molar-refractivity contribution in [2.24, 2.45) is 0 Å². The van der Waals surface area contributed by atoms with Gasteiger partial charge in [-0.1, -0.05) is 0 Å². The zero-order chi connectivity index (χ0) is 9.26. The van der Waals surface area contributed by atoms with Gasteiger partial charge in [-0.05, 0) is 24.3 Å². The van der Waals surface area contributed by atoms with E-state index in [1.165, 1.54) is 0 Å². The maximum Gasteiger partial charge on any atom is 0.128 e. The fraction of sp³-hybridized carbons (Fsp3) is 0.100. The van der Waals surface area contributed by atoms with Gasteiger partial charge in [0.1, 0.15) is 5.75 Å². The number of aromatic nitrogens is 1. The lowest BCUT2D eigenvalue weighted by atomic mass is 10.2. The van der Waals surface area contributed by atoms with Gasteiger partial charge in [-0.2, -0.15) is 0 Å². The number of hydrogen-bond acceptors (Lipinski definition) is 3. The number of ether oxygens (including phenoxy) is 1. The van der Waals surface area contributed by atoms with Gasteiger partial charge in [-0.25, -0.2) is 0 Å². The normalized spacial score (nSPS) is 10.2. The molecule has 0 aliphatic heterocycles. The summed E-state index contributed by atoms with van der Waals surface area (Å²) in [7, 11) is 1.64. The Morgan fingerprint density at radius 3 is 2.92 bits per heavy atom. The lowest BCUT2D eigenvalue weighted by Gasteiger charge is -2.05. The molecule has 1 aromatic carbocycles. The summed E-state index contributed by atoms with van der Waals surface area (Å²) >= 11 is 0. The average molecular weight is 174 g/mol. The second kappa shape index (κ2) is 2.94. The van der Waals surface area contributed by atoms with Gasteiger partial charge in [-0.3, -0.25) is 4.98 Å². The summed E-state index contributed by atoms with van der Waals surface area (Å²) in [4.78, 5) is 4.18. The van der Waals surface area contributed by atoms with Crippen molar-refractivity contribution in [3.8, 4) is 5.75 Å². The van der Waals surface area contributed by atoms with Crippen molar-refractivity contribution in [1.29, 1.82) is 0 Å². The molecule has 13 heavy (non-hydrogen) atoms. The summed E-state index contributed by atoms with van der Waals surface area (Å²) in [6.45, 7) is 0. The lowest BCUT2D eigenvalue weighted by Crippen LogP contribution is -1.91. The van der Waals surface area contributed by atoms with E-state index in [1.54, 1.807) is 19.4 Å². The summed E-state index contributed by atoms with van der Waals surface area (Å²) in [6, 6.07) is 7.45. The van der Waals surface area contributed by atoms with E-state index in [0.29, 0.717) is 5.69 Å². The summed E-state index contributed by atoms with van der Waals surface area (Å²) in [5.41, 5.74) is 7.23. The minimum absolute atomic E-state index is 0.677. The summed E-state index contributed by atoms with van der Waals surface area (Å²) in [5.74, 6) is 0.803. The van der Waals surface area contributed by atoms with Crippen LogP contribution < -0.4 is 10.5 Å². The number of pyridine rings is 1. The van der Waals surface area contributed by atoms with E-state index in [9.17, 15) is 0 Å². The summed E-state index contributed by atoms with van der Waals surface area (Å²) in [5, 5.41) is 0.949. The van der Waals surface area contributed by atoms with Gasteiger partial charge >= 0.3 is 0 Å². The molecule has 66 valence electrons. The Balaban J connectivity index is 2.84. The molecular formula is C10H10N2O. The van der Waals surface area contributed by atoms with Crippen molar-refractivity contribution in [3.63, 3.8) is 0 Å². The number of benzene rings is 1. The first-order valence-corrected chi connectivity index (χ1v) is 4.00. The van der Waals surface area contributed by atoms with Crippen LogP contribution in [0, 0.1) is 0 Å². The van der Waals surface area contributed by atoms with E-state index < -0.39 is 0 Å². The maximum atomic E-state index is 5.76. The SMILES string of the molecule is COc1ccc(N)c2ncccc12. The molecular weight excluding hydrogens is 164 g/mol. The highest BCUT2D eigenvalue weighted by Gasteiger charge is 2.03. The first kappa shape index (κ1) is 7.86. The highest BCUT2D eigenvalue weighted by atomic mass is 16.5. The van der Waals surface area contributed by atoms with E-state index in [1.807, 2.05) is 18.2 Å². The molecule has 0 amide bonds. The number of fused-ring (bicyclic) bond motifs is 1. The number of nitrogen functional groups attached to an aromatic ring is 1. The molecule has 0 unspecified atom stereocenters. The van der Waals surface area contributed by atoms with Gasteiger partial charge in [0.15, 0.2) is 0 Å². The molecule has 0 atom stereocenters. The van der Waals surface area contributed by atoms with E-state index in [-0.39, 0.29) is 0 Å². The van der Waals surface area contributed by atoms with Crippen molar-refractivity contribution in [2.75, 3.05) is 12.8 Å². The fourth-order valence-electron chi connectivity index (χ4n) is 1.35. The second-order valence-electron chi connectivity index (χ2n) is 2.76. The Morgan fingerprint density at radius 1 is 1.31 bits per heavy atom. The number of hydrogen-bond donors (Lipinski definition) is 1. The first-order chi connectivity index (χ1) is 6.33. The molecule has 3 nitrogen and oxygen atoms in total. The van der Waals surface area contributed by atoms with E-state index in [4.69, 9.17) is 10.5 Å². The van der Waals surface area contributed by atoms with E-state index in [2.05, 4.69) is 4.98 Å². The average Bonchev–Trinajstić information content (AvgIpc) is 2.19. The highest BCUT2D eigenvalue weighted by Crippen LogP contribution is 2.27. The fourth-order valence-corrected chi connectivity index (χ4v) is 1.35. The molecule has 0 saturated carbocycles. The van der Waals surface area contributed by atoms with Gasteiger partial charge in [0, 0.05) is 11.6 Å². The number of anilines is 1. The number of nitrogens with zero attached hydrogens (tertiary/aromatic N) is 1. The Kier molecular flexibility index (Phi) is 1.77. The van der Waals surface area contributed by atoms with Crippen molar-refractivity contribution in [2.45, 2.75) is 0 Å². The van der Waals surface area contributed by atoms with Crippen LogP contribution in [0.25, 0.3) is 10.9 Å². The molecule has 3 heteroatoms. The summed E-state index contributed by atoms with van der Waals surface area (Å²) < 4.78 is 5.19. The number of nitrogens with two attached hydrogens (primary N) is 1. The minimum atomic E-state index is 0.677. The van der Waals surface area contributed by atoms with Crippen molar-refractivity contribution < 1.29 is 4.74 Å². The van der Waals surface area contributed by atoms with Crippen LogP contribution in [0.4, 0.5) is 5.69 Å². The third-order valence-electron chi connectivity index (χ3n) is 1.98. The standard InChI is InChI=1S/C10H10N2O/c1-13-9-5-4-8(11)10-7(9)3-2-6-12-10/h2-6H,11H2,1H3. The quantitative estimate of drug-likeness (QED) is 0.671. The summed E-state index contributed by atoms with van der Waals surface area (Å²) in [6.07, 6.45) is 1.72. The van der Waals surface area contributed by atoms with Crippen LogP contribution in [0.1, 0.15) is 0 Å². The van der Waals surface area contributed by atoms with Crippen LogP contribution in [0.15, 0.2) is 30.5 Å². The smallest absolute Gasteiger partial charge is 0.128 e. The molecule has 0 aliphatic carbocycles. The molecule has 2 rings (SSSR count). The number of methoxy groups -OCH3 is 1. The largest absolute Gasteiger partial charge is 0.496 e. The van der Waals surface area contributed by atoms with E-state index >= 15 is 0 Å². The van der Waals surface area contributed by atoms with Crippen molar-refractivity contribution in [1.82, 2.24) is 4.98 Å². The minimum Gasteiger partial charge on any atom is -0.496 e. The van der Waals surface area contributed by atoms with Gasteiger partial charge < -0.3 is 10.5 Å². The molecule has 2 N–H and O–H groups in total. The molecule has 0 aliphatic rings. The topological polar surface area (TPSA) is 48.1 Å². The molecule has 1 heterocycles. The maximum absolute atomic E-state index is 5.76. The van der Waals surface area contributed by atoms with Crippen LogP contribution in [0.3, 0.4) is 0 Å². The molecule has 0 radical (unpaired) electrons. The third-order valence-corrected chi connectivity index (χ3v) is 1.98. The van der Waals surface area contributed by atoms with Gasteiger partial charge in [0.25, 0.3) is 0 Å². The van der Waals surface area contributed by atoms with Gasteiger partial charge in [0.05, 0.1) is 18.3 Å². The highest BCUT2D eigenvalue weighted by molar-refractivity contribution is 5.93. The van der Waals surface area contributed by atoms with Crippen LogP contribution in [0.2, 0.25) is 0 Å². The lowest BCUT2D eigenvalue weighted by molar-refractivity contribution is 0.420. The molecule has 0 saturated heterocycles. The van der Waals surface area contributed by atoms with Crippen molar-refractivity contribution in [3.05, 3.63) is 30.5 Å². The Morgan fingerprint density at radius 2 is 2.15 bits per heavy atom.